The third kappa shape index (κ3) is 5.63. The molecule has 5 heteroatoms. The van der Waals surface area contributed by atoms with Crippen molar-refractivity contribution >= 4 is 12.4 Å². The van der Waals surface area contributed by atoms with Gasteiger partial charge >= 0.3 is 0 Å². The van der Waals surface area contributed by atoms with Crippen LogP contribution in [0.2, 0.25) is 0 Å². The number of aliphatic hydroxyl groups is 1. The van der Waals surface area contributed by atoms with Crippen LogP contribution in [0.1, 0.15) is 37.9 Å². The van der Waals surface area contributed by atoms with Crippen molar-refractivity contribution in [2.45, 2.75) is 33.4 Å². The average molecular weight is 366 g/mol. The van der Waals surface area contributed by atoms with Gasteiger partial charge in [0.05, 0.1) is 6.61 Å². The minimum Gasteiger partial charge on any atom is -0.490 e. The molecule has 0 amide bonds. The maximum Gasteiger partial charge on any atom is 0.161 e. The zero-order valence-corrected chi connectivity index (χ0v) is 15.9. The minimum absolute atomic E-state index is 0. The molecule has 0 aliphatic rings. The molecule has 2 aromatic rings. The quantitative estimate of drug-likeness (QED) is 0.739. The van der Waals surface area contributed by atoms with Crippen LogP contribution in [0.15, 0.2) is 48.5 Å². The lowest BCUT2D eigenvalue weighted by Gasteiger charge is -2.30. The largest absolute Gasteiger partial charge is 0.490 e. The van der Waals surface area contributed by atoms with E-state index >= 15 is 0 Å². The monoisotopic (exact) mass is 365 g/mol. The van der Waals surface area contributed by atoms with Gasteiger partial charge in [0.15, 0.2) is 11.5 Å². The Kier molecular flexibility index (Phi) is 8.23. The summed E-state index contributed by atoms with van der Waals surface area (Å²) >= 11 is 0. The van der Waals surface area contributed by atoms with Gasteiger partial charge in [-0.25, -0.2) is 0 Å². The summed E-state index contributed by atoms with van der Waals surface area (Å²) in [6.45, 7) is 6.86. The molecule has 25 heavy (non-hydrogen) atoms. The maximum atomic E-state index is 9.53. The number of ether oxygens (including phenoxy) is 2. The number of aliphatic hydroxyl groups excluding tert-OH is 1. The lowest BCUT2D eigenvalue weighted by molar-refractivity contribution is 0.132. The Morgan fingerprint density at radius 1 is 1.04 bits per heavy atom. The summed E-state index contributed by atoms with van der Waals surface area (Å²) in [5.74, 6) is 1.37. The predicted octanol–water partition coefficient (Wildman–Crippen LogP) is 4.10. The molecule has 0 bridgehead atoms. The van der Waals surface area contributed by atoms with Crippen molar-refractivity contribution < 1.29 is 14.6 Å². The molecule has 0 aliphatic heterocycles. The highest BCUT2D eigenvalue weighted by molar-refractivity contribution is 5.85. The van der Waals surface area contributed by atoms with Gasteiger partial charge in [-0.15, -0.1) is 12.4 Å². The van der Waals surface area contributed by atoms with Gasteiger partial charge in [-0.2, -0.15) is 0 Å². The number of benzene rings is 2. The summed E-state index contributed by atoms with van der Waals surface area (Å²) < 4.78 is 11.6. The van der Waals surface area contributed by atoms with Crippen LogP contribution in [-0.2, 0) is 6.61 Å². The first-order valence-electron chi connectivity index (χ1n) is 8.28. The first-order valence-corrected chi connectivity index (χ1v) is 8.28. The van der Waals surface area contributed by atoms with Crippen molar-refractivity contribution in [1.82, 2.24) is 0 Å². The molecule has 4 nitrogen and oxygen atoms in total. The standard InChI is InChI=1S/C20H27NO3.ClH/c1-4-23-18-12-16(19(21)20(2,3)14-22)10-11-17(18)24-13-15-8-6-5-7-9-15;/h5-12,19,22H,4,13-14,21H2,1-3H3;1H/t19-;/m0./s1. The van der Waals surface area contributed by atoms with Crippen molar-refractivity contribution in [3.8, 4) is 11.5 Å². The van der Waals surface area contributed by atoms with Gasteiger partial charge < -0.3 is 20.3 Å². The van der Waals surface area contributed by atoms with E-state index < -0.39 is 5.41 Å². The van der Waals surface area contributed by atoms with Gasteiger partial charge in [0.25, 0.3) is 0 Å². The van der Waals surface area contributed by atoms with Crippen molar-refractivity contribution in [2.24, 2.45) is 11.1 Å². The molecule has 0 saturated heterocycles. The van der Waals surface area contributed by atoms with E-state index in [2.05, 4.69) is 0 Å². The fourth-order valence-electron chi connectivity index (χ4n) is 2.39. The first-order chi connectivity index (χ1) is 11.5. The van der Waals surface area contributed by atoms with Crippen LogP contribution < -0.4 is 15.2 Å². The Bertz CT molecular complexity index is 647. The highest BCUT2D eigenvalue weighted by Gasteiger charge is 2.27. The Morgan fingerprint density at radius 3 is 2.32 bits per heavy atom. The van der Waals surface area contributed by atoms with Gasteiger partial charge in [-0.05, 0) is 30.2 Å². The molecule has 2 aromatic carbocycles. The number of hydrogen-bond acceptors (Lipinski definition) is 4. The highest BCUT2D eigenvalue weighted by atomic mass is 35.5. The molecular formula is C20H28ClNO3. The van der Waals surface area contributed by atoms with E-state index in [0.717, 1.165) is 11.1 Å². The molecule has 0 aliphatic carbocycles. The summed E-state index contributed by atoms with van der Waals surface area (Å²) in [5, 5.41) is 9.53. The molecule has 3 N–H and O–H groups in total. The lowest BCUT2D eigenvalue weighted by atomic mass is 9.82. The number of nitrogens with two attached hydrogens (primary N) is 1. The van der Waals surface area contributed by atoms with Crippen molar-refractivity contribution in [3.05, 3.63) is 59.7 Å². The van der Waals surface area contributed by atoms with Gasteiger partial charge in [0.1, 0.15) is 6.61 Å². The molecule has 0 aromatic heterocycles. The van der Waals surface area contributed by atoms with E-state index in [9.17, 15) is 5.11 Å². The Morgan fingerprint density at radius 2 is 1.72 bits per heavy atom. The SMILES string of the molecule is CCOc1cc([C@H](N)C(C)(C)CO)ccc1OCc1ccccc1.Cl. The van der Waals surface area contributed by atoms with E-state index in [-0.39, 0.29) is 25.1 Å². The molecule has 0 saturated carbocycles. The molecule has 0 spiro atoms. The molecule has 0 heterocycles. The van der Waals surface area contributed by atoms with Crippen LogP contribution in [0.4, 0.5) is 0 Å². The topological polar surface area (TPSA) is 64.7 Å². The fourth-order valence-corrected chi connectivity index (χ4v) is 2.39. The van der Waals surface area contributed by atoms with Gasteiger partial charge in [0.2, 0.25) is 0 Å². The summed E-state index contributed by atoms with van der Waals surface area (Å²) in [5.41, 5.74) is 7.92. The first kappa shape index (κ1) is 21.3. The second-order valence-electron chi connectivity index (χ2n) is 6.54. The number of halogens is 1. The zero-order valence-electron chi connectivity index (χ0n) is 15.1. The van der Waals surface area contributed by atoms with Crippen molar-refractivity contribution in [1.29, 1.82) is 0 Å². The van der Waals surface area contributed by atoms with Gasteiger partial charge in [-0.3, -0.25) is 0 Å². The van der Waals surface area contributed by atoms with Crippen LogP contribution in [0.3, 0.4) is 0 Å². The van der Waals surface area contributed by atoms with E-state index in [4.69, 9.17) is 15.2 Å². The molecule has 2 rings (SSSR count). The van der Waals surface area contributed by atoms with Gasteiger partial charge in [0, 0.05) is 18.1 Å². The zero-order chi connectivity index (χ0) is 17.6. The molecule has 138 valence electrons. The Balaban J connectivity index is 0.00000312. The lowest BCUT2D eigenvalue weighted by Crippen LogP contribution is -2.32. The van der Waals surface area contributed by atoms with Crippen LogP contribution in [0.25, 0.3) is 0 Å². The highest BCUT2D eigenvalue weighted by Crippen LogP contribution is 2.36. The van der Waals surface area contributed by atoms with E-state index in [0.29, 0.717) is 24.7 Å². The number of rotatable bonds is 8. The molecular weight excluding hydrogens is 338 g/mol. The summed E-state index contributed by atoms with van der Waals surface area (Å²) in [4.78, 5) is 0. The molecule has 0 unspecified atom stereocenters. The van der Waals surface area contributed by atoms with Crippen LogP contribution >= 0.6 is 12.4 Å². The normalized spacial score (nSPS) is 12.2. The van der Waals surface area contributed by atoms with Crippen molar-refractivity contribution in [3.63, 3.8) is 0 Å². The second kappa shape index (κ2) is 9.66. The second-order valence-corrected chi connectivity index (χ2v) is 6.54. The minimum atomic E-state index is -0.407. The third-order valence-corrected chi connectivity index (χ3v) is 4.11. The summed E-state index contributed by atoms with van der Waals surface area (Å²) in [6.07, 6.45) is 0. The van der Waals surface area contributed by atoms with E-state index in [1.54, 1.807) is 0 Å². The summed E-state index contributed by atoms with van der Waals surface area (Å²) in [6, 6.07) is 15.4. The van der Waals surface area contributed by atoms with Crippen molar-refractivity contribution in [2.75, 3.05) is 13.2 Å². The number of hydrogen-bond donors (Lipinski definition) is 2. The maximum absolute atomic E-state index is 9.53. The third-order valence-electron chi connectivity index (χ3n) is 4.11. The Hall–Kier alpha value is -1.75. The van der Waals surface area contributed by atoms with Crippen LogP contribution in [0, 0.1) is 5.41 Å². The average Bonchev–Trinajstić information content (AvgIpc) is 2.61. The van der Waals surface area contributed by atoms with Gasteiger partial charge in [-0.1, -0.05) is 50.2 Å². The van der Waals surface area contributed by atoms with E-state index in [1.165, 1.54) is 0 Å². The van der Waals surface area contributed by atoms with Crippen LogP contribution in [-0.4, -0.2) is 18.3 Å². The Labute approximate surface area is 156 Å². The molecule has 0 fully saturated rings. The summed E-state index contributed by atoms with van der Waals surface area (Å²) in [7, 11) is 0. The smallest absolute Gasteiger partial charge is 0.161 e. The molecule has 0 radical (unpaired) electrons. The van der Waals surface area contributed by atoms with Crippen LogP contribution in [0.5, 0.6) is 11.5 Å². The fraction of sp³-hybridized carbons (Fsp3) is 0.400. The molecule has 1 atom stereocenters. The van der Waals surface area contributed by atoms with E-state index in [1.807, 2.05) is 69.3 Å². The predicted molar refractivity (Wildman–Crippen MR) is 103 cm³/mol.